The van der Waals surface area contributed by atoms with Crippen LogP contribution in [0.25, 0.3) is 17.1 Å². The van der Waals surface area contributed by atoms with Gasteiger partial charge in [0.25, 0.3) is 10.0 Å². The largest absolute Gasteiger partial charge is 0.495 e. The second-order valence-corrected chi connectivity index (χ2v) is 10.9. The third-order valence-electron chi connectivity index (χ3n) is 5.18. The molecule has 0 aliphatic carbocycles. The summed E-state index contributed by atoms with van der Waals surface area (Å²) in [5.41, 5.74) is 0.347. The lowest BCUT2D eigenvalue weighted by Crippen LogP contribution is -2.14. The molecular weight excluding hydrogens is 589 g/mol. The van der Waals surface area contributed by atoms with Crippen molar-refractivity contribution in [3.8, 4) is 28.8 Å². The minimum atomic E-state index is -4.47. The molecule has 13 heteroatoms. The first-order valence-electron chi connectivity index (χ1n) is 11.2. The second kappa shape index (κ2) is 10.7. The normalized spacial score (nSPS) is 12.0. The summed E-state index contributed by atoms with van der Waals surface area (Å²) in [4.78, 5) is 4.31. The van der Waals surface area contributed by atoms with E-state index in [4.69, 9.17) is 9.47 Å². The number of halogens is 4. The van der Waals surface area contributed by atoms with E-state index in [2.05, 4.69) is 30.7 Å². The second-order valence-electron chi connectivity index (χ2n) is 8.32. The Hall–Kier alpha value is -3.58. The quantitative estimate of drug-likeness (QED) is 0.251. The molecule has 4 rings (SSSR count). The van der Waals surface area contributed by atoms with Gasteiger partial charge in [0.05, 0.1) is 24.5 Å². The number of hydrogen-bond donors (Lipinski definition) is 1. The fourth-order valence-electron chi connectivity index (χ4n) is 3.47. The van der Waals surface area contributed by atoms with Crippen molar-refractivity contribution in [1.29, 1.82) is 0 Å². The Morgan fingerprint density at radius 3 is 2.24 bits per heavy atom. The van der Waals surface area contributed by atoms with Gasteiger partial charge in [-0.05, 0) is 68.4 Å². The summed E-state index contributed by atoms with van der Waals surface area (Å²) in [6.07, 6.45) is -4.71. The zero-order chi connectivity index (χ0) is 27.7. The summed E-state index contributed by atoms with van der Waals surface area (Å²) in [6, 6.07) is 15.4. The molecule has 4 aromatic rings. The minimum Gasteiger partial charge on any atom is -0.495 e. The minimum absolute atomic E-state index is 0.0430. The Bertz CT molecular complexity index is 1540. The third-order valence-corrected chi connectivity index (χ3v) is 7.07. The van der Waals surface area contributed by atoms with Gasteiger partial charge in [-0.15, -0.1) is 5.10 Å². The maximum Gasteiger partial charge on any atom is 0.416 e. The smallest absolute Gasteiger partial charge is 0.416 e. The Balaban J connectivity index is 1.67. The number of hydrogen-bond acceptors (Lipinski definition) is 6. The van der Waals surface area contributed by atoms with Crippen molar-refractivity contribution in [1.82, 2.24) is 14.8 Å². The van der Waals surface area contributed by atoms with Crippen LogP contribution in [0.15, 0.2) is 76.1 Å². The van der Waals surface area contributed by atoms with Gasteiger partial charge in [0.2, 0.25) is 0 Å². The van der Waals surface area contributed by atoms with E-state index in [9.17, 15) is 21.6 Å². The van der Waals surface area contributed by atoms with Gasteiger partial charge in [0.1, 0.15) is 10.6 Å². The van der Waals surface area contributed by atoms with E-state index < -0.39 is 21.8 Å². The summed E-state index contributed by atoms with van der Waals surface area (Å²) >= 11 is 3.27. The van der Waals surface area contributed by atoms with Crippen LogP contribution in [0.1, 0.15) is 19.4 Å². The lowest BCUT2D eigenvalue weighted by Gasteiger charge is -2.13. The number of nitrogens with one attached hydrogen (secondary N) is 1. The van der Waals surface area contributed by atoms with E-state index in [1.54, 1.807) is 32.0 Å². The van der Waals surface area contributed by atoms with Gasteiger partial charge in [-0.3, -0.25) is 4.72 Å². The van der Waals surface area contributed by atoms with Crippen molar-refractivity contribution in [3.63, 3.8) is 0 Å². The third kappa shape index (κ3) is 6.10. The number of sulfonamides is 1. The van der Waals surface area contributed by atoms with Crippen LogP contribution in [0, 0.1) is 0 Å². The first kappa shape index (κ1) is 27.5. The van der Waals surface area contributed by atoms with Crippen molar-refractivity contribution in [2.45, 2.75) is 31.0 Å². The Labute approximate surface area is 225 Å². The van der Waals surface area contributed by atoms with Crippen molar-refractivity contribution in [2.24, 2.45) is 0 Å². The maximum absolute atomic E-state index is 13.0. The topological polar surface area (TPSA) is 95.3 Å². The van der Waals surface area contributed by atoms with E-state index >= 15 is 0 Å². The van der Waals surface area contributed by atoms with Crippen molar-refractivity contribution >= 4 is 31.6 Å². The highest BCUT2D eigenvalue weighted by molar-refractivity contribution is 9.10. The molecule has 0 aliphatic rings. The van der Waals surface area contributed by atoms with E-state index in [0.29, 0.717) is 15.7 Å². The standard InChI is InChI=1S/C25H22BrF3N4O4S/c1-15(2)37-24-30-23(16-4-6-17(7-5-16)25(27,28)29)33(31-24)20-11-9-19(10-12-20)32-38(34,35)22-14-18(26)8-13-21(22)36-3/h4-15,32H,1-3H3. The fourth-order valence-corrected chi connectivity index (χ4v) is 5.24. The van der Waals surface area contributed by atoms with Crippen molar-refractivity contribution < 1.29 is 31.1 Å². The number of rotatable bonds is 8. The molecule has 0 fully saturated rings. The zero-order valence-corrected chi connectivity index (χ0v) is 22.7. The molecule has 1 N–H and O–H groups in total. The van der Waals surface area contributed by atoms with Crippen LogP contribution < -0.4 is 14.2 Å². The predicted octanol–water partition coefficient (Wildman–Crippen LogP) is 6.31. The molecule has 0 saturated carbocycles. The molecule has 1 aromatic heterocycles. The van der Waals surface area contributed by atoms with Crippen LogP contribution in [-0.4, -0.2) is 36.4 Å². The summed E-state index contributed by atoms with van der Waals surface area (Å²) in [7, 11) is -2.61. The molecule has 0 aliphatic heterocycles. The van der Waals surface area contributed by atoms with Gasteiger partial charge in [-0.2, -0.15) is 18.2 Å². The van der Waals surface area contributed by atoms with E-state index in [0.717, 1.165) is 12.1 Å². The van der Waals surface area contributed by atoms with Gasteiger partial charge in [-0.1, -0.05) is 28.1 Å². The van der Waals surface area contributed by atoms with Crippen molar-refractivity contribution in [2.75, 3.05) is 11.8 Å². The Morgan fingerprint density at radius 1 is 1.00 bits per heavy atom. The lowest BCUT2D eigenvalue weighted by atomic mass is 10.1. The molecule has 0 spiro atoms. The fraction of sp³-hybridized carbons (Fsp3) is 0.200. The first-order valence-corrected chi connectivity index (χ1v) is 13.4. The SMILES string of the molecule is COc1ccc(Br)cc1S(=O)(=O)Nc1ccc(-n2nc(OC(C)C)nc2-c2ccc(C(F)(F)F)cc2)cc1. The predicted molar refractivity (Wildman–Crippen MR) is 139 cm³/mol. The molecule has 3 aromatic carbocycles. The number of alkyl halides is 3. The summed E-state index contributed by atoms with van der Waals surface area (Å²) < 4.78 is 80.3. The number of methoxy groups -OCH3 is 1. The number of ether oxygens (including phenoxy) is 2. The van der Waals surface area contributed by atoms with Gasteiger partial charge in [-0.25, -0.2) is 13.1 Å². The average Bonchev–Trinajstić information content (AvgIpc) is 3.27. The molecule has 0 bridgehead atoms. The molecule has 0 unspecified atom stereocenters. The van der Waals surface area contributed by atoms with E-state index in [1.807, 2.05) is 0 Å². The van der Waals surface area contributed by atoms with Gasteiger partial charge in [0.15, 0.2) is 5.82 Å². The molecule has 38 heavy (non-hydrogen) atoms. The van der Waals surface area contributed by atoms with Crippen LogP contribution >= 0.6 is 15.9 Å². The van der Waals surface area contributed by atoms with Gasteiger partial charge < -0.3 is 9.47 Å². The Kier molecular flexibility index (Phi) is 7.70. The van der Waals surface area contributed by atoms with Crippen LogP contribution in [0.4, 0.5) is 18.9 Å². The lowest BCUT2D eigenvalue weighted by molar-refractivity contribution is -0.137. The summed E-state index contributed by atoms with van der Waals surface area (Å²) in [5, 5.41) is 4.35. The summed E-state index contributed by atoms with van der Waals surface area (Å²) in [6.45, 7) is 3.58. The molecule has 0 amide bonds. The molecule has 8 nitrogen and oxygen atoms in total. The zero-order valence-electron chi connectivity index (χ0n) is 20.3. The maximum atomic E-state index is 13.0. The van der Waals surface area contributed by atoms with Crippen molar-refractivity contribution in [3.05, 3.63) is 76.8 Å². The van der Waals surface area contributed by atoms with Crippen LogP contribution in [0.2, 0.25) is 0 Å². The van der Waals surface area contributed by atoms with Gasteiger partial charge >= 0.3 is 12.2 Å². The average molecular weight is 611 g/mol. The van der Waals surface area contributed by atoms with Gasteiger partial charge in [0, 0.05) is 15.7 Å². The number of benzene rings is 3. The molecule has 0 radical (unpaired) electrons. The summed E-state index contributed by atoms with van der Waals surface area (Å²) in [5.74, 6) is 0.431. The van der Waals surface area contributed by atoms with Crippen LogP contribution in [0.5, 0.6) is 11.8 Å². The number of anilines is 1. The number of nitrogens with zero attached hydrogens (tertiary/aromatic N) is 3. The number of aromatic nitrogens is 3. The van der Waals surface area contributed by atoms with Crippen LogP contribution in [0.3, 0.4) is 0 Å². The first-order chi connectivity index (χ1) is 17.9. The Morgan fingerprint density at radius 2 is 1.66 bits per heavy atom. The van der Waals surface area contributed by atoms with E-state index in [-0.39, 0.29) is 34.3 Å². The highest BCUT2D eigenvalue weighted by atomic mass is 79.9. The molecule has 200 valence electrons. The van der Waals surface area contributed by atoms with Crippen LogP contribution in [-0.2, 0) is 16.2 Å². The molecule has 0 saturated heterocycles. The highest BCUT2D eigenvalue weighted by Gasteiger charge is 2.30. The highest BCUT2D eigenvalue weighted by Crippen LogP contribution is 2.32. The molecule has 0 atom stereocenters. The van der Waals surface area contributed by atoms with E-state index in [1.165, 1.54) is 48.2 Å². The monoisotopic (exact) mass is 610 g/mol. The molecular formula is C25H22BrF3N4O4S. The molecule has 1 heterocycles.